The molecule has 3 rings (SSSR count). The smallest absolute Gasteiger partial charge is 0.224 e. The number of aryl methyl sites for hydroxylation is 1. The van der Waals surface area contributed by atoms with Crippen LogP contribution in [0.2, 0.25) is 0 Å². The van der Waals surface area contributed by atoms with Crippen LogP contribution in [0.25, 0.3) is 10.8 Å². The number of benzene rings is 3. The Balaban J connectivity index is 1.55. The molecule has 0 fully saturated rings. The van der Waals surface area contributed by atoms with Crippen molar-refractivity contribution in [2.24, 2.45) is 0 Å². The van der Waals surface area contributed by atoms with Crippen LogP contribution in [0.3, 0.4) is 0 Å². The highest BCUT2D eigenvalue weighted by molar-refractivity contribution is 5.86. The molecule has 0 saturated heterocycles. The van der Waals surface area contributed by atoms with Gasteiger partial charge in [0.05, 0.1) is 12.5 Å². The van der Waals surface area contributed by atoms with E-state index in [-0.39, 0.29) is 5.91 Å². The minimum atomic E-state index is -0.592. The van der Waals surface area contributed by atoms with E-state index in [4.69, 9.17) is 0 Å². The summed E-state index contributed by atoms with van der Waals surface area (Å²) < 4.78 is 0. The van der Waals surface area contributed by atoms with Gasteiger partial charge in [-0.1, -0.05) is 72.3 Å². The molecule has 3 aromatic rings. The molecule has 3 aromatic carbocycles. The molecule has 0 radical (unpaired) electrons. The van der Waals surface area contributed by atoms with E-state index < -0.39 is 6.10 Å². The van der Waals surface area contributed by atoms with Crippen molar-refractivity contribution in [2.75, 3.05) is 6.54 Å². The van der Waals surface area contributed by atoms with E-state index in [1.165, 1.54) is 0 Å². The molecule has 1 atom stereocenters. The van der Waals surface area contributed by atoms with Crippen molar-refractivity contribution in [1.82, 2.24) is 5.32 Å². The molecule has 0 aliphatic rings. The maximum atomic E-state index is 12.1. The van der Waals surface area contributed by atoms with Crippen molar-refractivity contribution in [3.63, 3.8) is 0 Å². The van der Waals surface area contributed by atoms with Gasteiger partial charge in [0.15, 0.2) is 0 Å². The van der Waals surface area contributed by atoms with Crippen molar-refractivity contribution in [3.05, 3.63) is 83.4 Å². The molecule has 0 aliphatic carbocycles. The third-order valence-electron chi connectivity index (χ3n) is 4.37. The molecule has 0 saturated carbocycles. The largest absolute Gasteiger partial charge is 0.388 e. The number of fused-ring (bicyclic) bond motifs is 1. The van der Waals surface area contributed by atoms with Crippen LogP contribution in [-0.2, 0) is 11.2 Å². The van der Waals surface area contributed by atoms with Crippen LogP contribution >= 0.6 is 0 Å². The topological polar surface area (TPSA) is 49.3 Å². The van der Waals surface area contributed by atoms with Gasteiger partial charge in [0.2, 0.25) is 5.91 Å². The molecule has 25 heavy (non-hydrogen) atoms. The SMILES string of the molecule is Cc1cccc(CC(=O)NCCC(O)c2cccc3ccccc23)c1. The molecule has 1 unspecified atom stereocenters. The molecule has 3 nitrogen and oxygen atoms in total. The van der Waals surface area contributed by atoms with Crippen LogP contribution in [-0.4, -0.2) is 17.6 Å². The van der Waals surface area contributed by atoms with Crippen LogP contribution in [0.15, 0.2) is 66.7 Å². The molecule has 3 heteroatoms. The summed E-state index contributed by atoms with van der Waals surface area (Å²) in [6.45, 7) is 2.47. The third-order valence-corrected chi connectivity index (χ3v) is 4.37. The van der Waals surface area contributed by atoms with Crippen molar-refractivity contribution < 1.29 is 9.90 Å². The van der Waals surface area contributed by atoms with Gasteiger partial charge in [0, 0.05) is 6.54 Å². The fourth-order valence-electron chi connectivity index (χ4n) is 3.11. The highest BCUT2D eigenvalue weighted by atomic mass is 16.3. The summed E-state index contributed by atoms with van der Waals surface area (Å²) in [6, 6.07) is 21.9. The van der Waals surface area contributed by atoms with Gasteiger partial charge in [-0.15, -0.1) is 0 Å². The Kier molecular flexibility index (Phi) is 5.46. The van der Waals surface area contributed by atoms with Crippen molar-refractivity contribution in [1.29, 1.82) is 0 Å². The lowest BCUT2D eigenvalue weighted by Gasteiger charge is -2.14. The first kappa shape index (κ1) is 17.2. The standard InChI is InChI=1S/C22H23NO2/c1-16-6-4-7-17(14-16)15-22(25)23-13-12-21(24)20-11-5-9-18-8-2-3-10-19(18)20/h2-11,14,21,24H,12-13,15H2,1H3,(H,23,25). The normalized spacial score (nSPS) is 12.1. The molecule has 0 aromatic heterocycles. The van der Waals surface area contributed by atoms with Crippen molar-refractivity contribution in [2.45, 2.75) is 25.9 Å². The fourth-order valence-corrected chi connectivity index (χ4v) is 3.11. The molecular formula is C22H23NO2. The van der Waals surface area contributed by atoms with E-state index in [2.05, 4.69) is 5.32 Å². The quantitative estimate of drug-likeness (QED) is 0.718. The lowest BCUT2D eigenvalue weighted by Crippen LogP contribution is -2.27. The number of aliphatic hydroxyl groups is 1. The second-order valence-corrected chi connectivity index (χ2v) is 6.39. The predicted molar refractivity (Wildman–Crippen MR) is 101 cm³/mol. The first-order chi connectivity index (χ1) is 12.1. The van der Waals surface area contributed by atoms with E-state index in [1.807, 2.05) is 73.7 Å². The zero-order valence-electron chi connectivity index (χ0n) is 14.4. The first-order valence-corrected chi connectivity index (χ1v) is 8.61. The Morgan fingerprint density at radius 3 is 2.64 bits per heavy atom. The Morgan fingerprint density at radius 1 is 1.04 bits per heavy atom. The number of amides is 1. The summed E-state index contributed by atoms with van der Waals surface area (Å²) in [6.07, 6.45) is 0.268. The molecule has 0 bridgehead atoms. The van der Waals surface area contributed by atoms with Gasteiger partial charge < -0.3 is 10.4 Å². The summed E-state index contributed by atoms with van der Waals surface area (Å²) >= 11 is 0. The third kappa shape index (κ3) is 4.46. The average Bonchev–Trinajstić information content (AvgIpc) is 2.61. The number of carbonyl (C=O) groups is 1. The van der Waals surface area contributed by atoms with Crippen LogP contribution in [0.5, 0.6) is 0 Å². The van der Waals surface area contributed by atoms with Gasteiger partial charge in [-0.2, -0.15) is 0 Å². The van der Waals surface area contributed by atoms with E-state index in [0.717, 1.165) is 27.5 Å². The number of rotatable bonds is 6. The maximum Gasteiger partial charge on any atom is 0.224 e. The molecule has 0 heterocycles. The molecule has 0 aliphatic heterocycles. The Morgan fingerprint density at radius 2 is 1.80 bits per heavy atom. The predicted octanol–water partition coefficient (Wildman–Crippen LogP) is 3.93. The van der Waals surface area contributed by atoms with Crippen molar-refractivity contribution in [3.8, 4) is 0 Å². The summed E-state index contributed by atoms with van der Waals surface area (Å²) in [5.74, 6) is -0.0179. The average molecular weight is 333 g/mol. The van der Waals surface area contributed by atoms with Crippen LogP contribution in [0.4, 0.5) is 0 Å². The van der Waals surface area contributed by atoms with Gasteiger partial charge >= 0.3 is 0 Å². The highest BCUT2D eigenvalue weighted by Gasteiger charge is 2.11. The lowest BCUT2D eigenvalue weighted by atomic mass is 9.99. The minimum absolute atomic E-state index is 0.0179. The number of hydrogen-bond acceptors (Lipinski definition) is 2. The van der Waals surface area contributed by atoms with Gasteiger partial charge in [-0.05, 0) is 35.2 Å². The van der Waals surface area contributed by atoms with Crippen molar-refractivity contribution >= 4 is 16.7 Å². The summed E-state index contributed by atoms with van der Waals surface area (Å²) in [4.78, 5) is 12.1. The number of nitrogens with one attached hydrogen (secondary N) is 1. The fraction of sp³-hybridized carbons (Fsp3) is 0.227. The van der Waals surface area contributed by atoms with Crippen LogP contribution < -0.4 is 5.32 Å². The van der Waals surface area contributed by atoms with Crippen LogP contribution in [0.1, 0.15) is 29.2 Å². The zero-order chi connectivity index (χ0) is 17.6. The number of carbonyl (C=O) groups excluding carboxylic acids is 1. The monoisotopic (exact) mass is 333 g/mol. The molecular weight excluding hydrogens is 310 g/mol. The number of aliphatic hydroxyl groups excluding tert-OH is 1. The lowest BCUT2D eigenvalue weighted by molar-refractivity contribution is -0.120. The minimum Gasteiger partial charge on any atom is -0.388 e. The second kappa shape index (κ2) is 7.95. The van der Waals surface area contributed by atoms with E-state index in [9.17, 15) is 9.90 Å². The molecule has 0 spiro atoms. The van der Waals surface area contributed by atoms with Gasteiger partial charge in [0.1, 0.15) is 0 Å². The molecule has 1 amide bonds. The Bertz CT molecular complexity index is 867. The molecule has 128 valence electrons. The zero-order valence-corrected chi connectivity index (χ0v) is 14.4. The van der Waals surface area contributed by atoms with Gasteiger partial charge in [-0.25, -0.2) is 0 Å². The second-order valence-electron chi connectivity index (χ2n) is 6.39. The maximum absolute atomic E-state index is 12.1. The Hall–Kier alpha value is -2.65. The first-order valence-electron chi connectivity index (χ1n) is 8.61. The highest BCUT2D eigenvalue weighted by Crippen LogP contribution is 2.25. The number of hydrogen-bond donors (Lipinski definition) is 2. The summed E-state index contributed by atoms with van der Waals surface area (Å²) in [5.41, 5.74) is 3.06. The van der Waals surface area contributed by atoms with E-state index >= 15 is 0 Å². The van der Waals surface area contributed by atoms with Gasteiger partial charge in [0.25, 0.3) is 0 Å². The van der Waals surface area contributed by atoms with E-state index in [1.54, 1.807) is 0 Å². The van der Waals surface area contributed by atoms with Gasteiger partial charge in [-0.3, -0.25) is 4.79 Å². The van der Waals surface area contributed by atoms with E-state index in [0.29, 0.717) is 19.4 Å². The Labute approximate surface area is 148 Å². The molecule has 2 N–H and O–H groups in total. The summed E-state index contributed by atoms with van der Waals surface area (Å²) in [7, 11) is 0. The van der Waals surface area contributed by atoms with Crippen LogP contribution in [0, 0.1) is 6.92 Å². The summed E-state index contributed by atoms with van der Waals surface area (Å²) in [5, 5.41) is 15.6.